The highest BCUT2D eigenvalue weighted by atomic mass is 35.5. The van der Waals surface area contributed by atoms with Gasteiger partial charge in [0.25, 0.3) is 5.91 Å². The predicted molar refractivity (Wildman–Crippen MR) is 103 cm³/mol. The lowest BCUT2D eigenvalue weighted by Crippen LogP contribution is -2.38. The molecule has 0 fully saturated rings. The number of carbonyl (C=O) groups excluding carboxylic acids is 1. The van der Waals surface area contributed by atoms with Crippen LogP contribution in [0.3, 0.4) is 0 Å². The molecular formula is C20H21ClN4O. The predicted octanol–water partition coefficient (Wildman–Crippen LogP) is 3.41. The molecule has 6 heteroatoms. The fraction of sp³-hybridized carbons (Fsp3) is 0.300. The summed E-state index contributed by atoms with van der Waals surface area (Å²) in [6, 6.07) is 11.8. The first-order valence-corrected chi connectivity index (χ1v) is 9.06. The Hall–Kier alpha value is -2.37. The number of carbonyl (C=O) groups is 1. The second-order valence-electron chi connectivity index (χ2n) is 6.96. The van der Waals surface area contributed by atoms with Crippen LogP contribution in [-0.4, -0.2) is 45.9 Å². The number of hydrogen-bond donors (Lipinski definition) is 0. The SMILES string of the molecule is CN(C)Cc1ccc(C(=O)N2CCn3c(cc4c(Cl)cccc43)C2)cn1. The van der Waals surface area contributed by atoms with Crippen molar-refractivity contribution in [1.82, 2.24) is 19.4 Å². The number of nitrogens with zero attached hydrogens (tertiary/aromatic N) is 4. The molecule has 1 aliphatic heterocycles. The largest absolute Gasteiger partial charge is 0.341 e. The Morgan fingerprint density at radius 3 is 2.81 bits per heavy atom. The number of halogens is 1. The Labute approximate surface area is 157 Å². The van der Waals surface area contributed by atoms with Crippen molar-refractivity contribution in [2.45, 2.75) is 19.6 Å². The lowest BCUT2D eigenvalue weighted by atomic mass is 10.2. The first kappa shape index (κ1) is 17.1. The van der Waals surface area contributed by atoms with Gasteiger partial charge in [-0.3, -0.25) is 9.78 Å². The lowest BCUT2D eigenvalue weighted by molar-refractivity contribution is 0.0712. The Morgan fingerprint density at radius 2 is 2.08 bits per heavy atom. The van der Waals surface area contributed by atoms with Gasteiger partial charge in [-0.1, -0.05) is 17.7 Å². The minimum absolute atomic E-state index is 0.0245. The molecule has 0 atom stereocenters. The van der Waals surface area contributed by atoms with E-state index in [4.69, 9.17) is 11.6 Å². The van der Waals surface area contributed by atoms with Gasteiger partial charge in [-0.15, -0.1) is 0 Å². The third-order valence-electron chi connectivity index (χ3n) is 4.76. The van der Waals surface area contributed by atoms with Crippen molar-refractivity contribution in [3.8, 4) is 0 Å². The molecule has 0 aliphatic carbocycles. The highest BCUT2D eigenvalue weighted by Crippen LogP contribution is 2.29. The summed E-state index contributed by atoms with van der Waals surface area (Å²) in [6.45, 7) is 2.81. The number of aromatic nitrogens is 2. The molecule has 0 unspecified atom stereocenters. The van der Waals surface area contributed by atoms with E-state index >= 15 is 0 Å². The standard InChI is InChI=1S/C20H21ClN4O/c1-23(2)12-15-7-6-14(11-22-15)20(26)24-8-9-25-16(13-24)10-17-18(21)4-3-5-19(17)25/h3-7,10-11H,8-9,12-13H2,1-2H3. The average molecular weight is 369 g/mol. The first-order valence-electron chi connectivity index (χ1n) is 8.68. The minimum atomic E-state index is 0.0245. The van der Waals surface area contributed by atoms with E-state index in [0.717, 1.165) is 40.4 Å². The monoisotopic (exact) mass is 368 g/mol. The fourth-order valence-electron chi connectivity index (χ4n) is 3.52. The maximum absolute atomic E-state index is 12.9. The first-order chi connectivity index (χ1) is 12.5. The maximum atomic E-state index is 12.9. The summed E-state index contributed by atoms with van der Waals surface area (Å²) >= 11 is 6.32. The van der Waals surface area contributed by atoms with Crippen LogP contribution in [0.1, 0.15) is 21.7 Å². The van der Waals surface area contributed by atoms with Crippen molar-refractivity contribution < 1.29 is 4.79 Å². The van der Waals surface area contributed by atoms with E-state index in [1.165, 1.54) is 0 Å². The number of benzene rings is 1. The van der Waals surface area contributed by atoms with Crippen LogP contribution in [0.15, 0.2) is 42.6 Å². The van der Waals surface area contributed by atoms with Crippen molar-refractivity contribution in [2.24, 2.45) is 0 Å². The Morgan fingerprint density at radius 1 is 1.23 bits per heavy atom. The van der Waals surface area contributed by atoms with Gasteiger partial charge in [-0.05, 0) is 44.4 Å². The van der Waals surface area contributed by atoms with Gasteiger partial charge in [-0.2, -0.15) is 0 Å². The summed E-state index contributed by atoms with van der Waals surface area (Å²) < 4.78 is 2.25. The van der Waals surface area contributed by atoms with Gasteiger partial charge in [0.1, 0.15) is 0 Å². The minimum Gasteiger partial charge on any atom is -0.341 e. The second-order valence-corrected chi connectivity index (χ2v) is 7.37. The molecule has 4 rings (SSSR count). The molecule has 3 aromatic rings. The summed E-state index contributed by atoms with van der Waals surface area (Å²) in [5.41, 5.74) is 3.84. The Balaban J connectivity index is 1.56. The fourth-order valence-corrected chi connectivity index (χ4v) is 3.74. The Kier molecular flexibility index (Phi) is 4.42. The topological polar surface area (TPSA) is 41.4 Å². The number of fused-ring (bicyclic) bond motifs is 3. The number of hydrogen-bond acceptors (Lipinski definition) is 3. The van der Waals surface area contributed by atoms with Crippen molar-refractivity contribution >= 4 is 28.4 Å². The molecule has 1 aromatic carbocycles. The van der Waals surface area contributed by atoms with Gasteiger partial charge in [0, 0.05) is 47.5 Å². The van der Waals surface area contributed by atoms with Crippen LogP contribution in [0.25, 0.3) is 10.9 Å². The third-order valence-corrected chi connectivity index (χ3v) is 5.09. The molecule has 0 bridgehead atoms. The number of rotatable bonds is 3. The lowest BCUT2D eigenvalue weighted by Gasteiger charge is -2.29. The molecule has 0 radical (unpaired) electrons. The molecular weight excluding hydrogens is 348 g/mol. The molecule has 0 N–H and O–H groups in total. The van der Waals surface area contributed by atoms with Gasteiger partial charge in [0.15, 0.2) is 0 Å². The molecule has 134 valence electrons. The van der Waals surface area contributed by atoms with Crippen LogP contribution in [0, 0.1) is 0 Å². The molecule has 2 aromatic heterocycles. The van der Waals surface area contributed by atoms with Crippen molar-refractivity contribution in [2.75, 3.05) is 20.6 Å². The van der Waals surface area contributed by atoms with Crippen LogP contribution in [0.5, 0.6) is 0 Å². The highest BCUT2D eigenvalue weighted by Gasteiger charge is 2.24. The van der Waals surface area contributed by atoms with E-state index in [1.54, 1.807) is 6.20 Å². The zero-order valence-corrected chi connectivity index (χ0v) is 15.7. The van der Waals surface area contributed by atoms with E-state index in [1.807, 2.05) is 43.3 Å². The van der Waals surface area contributed by atoms with Gasteiger partial charge >= 0.3 is 0 Å². The van der Waals surface area contributed by atoms with Crippen LogP contribution in [0.2, 0.25) is 5.02 Å². The summed E-state index contributed by atoms with van der Waals surface area (Å²) in [4.78, 5) is 21.2. The van der Waals surface area contributed by atoms with Crippen LogP contribution >= 0.6 is 11.6 Å². The van der Waals surface area contributed by atoms with E-state index < -0.39 is 0 Å². The summed E-state index contributed by atoms with van der Waals surface area (Å²) in [6.07, 6.45) is 1.68. The van der Waals surface area contributed by atoms with Crippen LogP contribution in [0.4, 0.5) is 0 Å². The van der Waals surface area contributed by atoms with Crippen molar-refractivity contribution in [3.63, 3.8) is 0 Å². The van der Waals surface area contributed by atoms with Crippen molar-refractivity contribution in [3.05, 3.63) is 64.6 Å². The zero-order valence-electron chi connectivity index (χ0n) is 14.9. The summed E-state index contributed by atoms with van der Waals surface area (Å²) in [7, 11) is 4.00. The summed E-state index contributed by atoms with van der Waals surface area (Å²) in [5, 5.41) is 1.80. The average Bonchev–Trinajstić information content (AvgIpc) is 3.01. The van der Waals surface area contributed by atoms with Crippen molar-refractivity contribution in [1.29, 1.82) is 0 Å². The number of amides is 1. The van der Waals surface area contributed by atoms with Crippen LogP contribution < -0.4 is 0 Å². The van der Waals surface area contributed by atoms with E-state index in [9.17, 15) is 4.79 Å². The third kappa shape index (κ3) is 3.08. The molecule has 0 spiro atoms. The Bertz CT molecular complexity index is 962. The van der Waals surface area contributed by atoms with E-state index in [2.05, 4.69) is 26.6 Å². The second kappa shape index (κ2) is 6.74. The molecule has 1 aliphatic rings. The molecule has 0 saturated heterocycles. The number of pyridine rings is 1. The molecule has 1 amide bonds. The quantitative estimate of drug-likeness (QED) is 0.711. The van der Waals surface area contributed by atoms with Crippen LogP contribution in [-0.2, 0) is 19.6 Å². The van der Waals surface area contributed by atoms with Gasteiger partial charge < -0.3 is 14.4 Å². The molecule has 5 nitrogen and oxygen atoms in total. The van der Waals surface area contributed by atoms with Gasteiger partial charge in [0.05, 0.1) is 17.8 Å². The van der Waals surface area contributed by atoms with E-state index in [-0.39, 0.29) is 5.91 Å². The van der Waals surface area contributed by atoms with E-state index in [0.29, 0.717) is 18.7 Å². The molecule has 26 heavy (non-hydrogen) atoms. The highest BCUT2D eigenvalue weighted by molar-refractivity contribution is 6.35. The zero-order chi connectivity index (χ0) is 18.3. The van der Waals surface area contributed by atoms with Gasteiger partial charge in [0.2, 0.25) is 0 Å². The molecule has 3 heterocycles. The van der Waals surface area contributed by atoms with Gasteiger partial charge in [-0.25, -0.2) is 0 Å². The summed E-state index contributed by atoms with van der Waals surface area (Å²) in [5.74, 6) is 0.0245. The molecule has 0 saturated carbocycles. The maximum Gasteiger partial charge on any atom is 0.255 e. The smallest absolute Gasteiger partial charge is 0.255 e. The normalized spacial score (nSPS) is 14.1.